The Morgan fingerprint density at radius 2 is 2.21 bits per heavy atom. The van der Waals surface area contributed by atoms with Crippen LogP contribution in [0.3, 0.4) is 0 Å². The summed E-state index contributed by atoms with van der Waals surface area (Å²) in [4.78, 5) is 4.34. The Morgan fingerprint density at radius 1 is 1.43 bits per heavy atom. The van der Waals surface area contributed by atoms with Crippen molar-refractivity contribution >= 4 is 0 Å². The first-order chi connectivity index (χ1) is 6.86. The Hall–Kier alpha value is -0.890. The van der Waals surface area contributed by atoms with Crippen LogP contribution in [0, 0.1) is 6.92 Å². The van der Waals surface area contributed by atoms with Gasteiger partial charge in [-0.15, -0.1) is 0 Å². The lowest BCUT2D eigenvalue weighted by Gasteiger charge is -2.06. The number of hydrogen-bond acceptors (Lipinski definition) is 2. The lowest BCUT2D eigenvalue weighted by Crippen LogP contribution is -2.00. The van der Waals surface area contributed by atoms with Gasteiger partial charge in [0.15, 0.2) is 0 Å². The van der Waals surface area contributed by atoms with Gasteiger partial charge in [-0.25, -0.2) is 0 Å². The molecule has 0 bridgehead atoms. The van der Waals surface area contributed by atoms with Gasteiger partial charge in [-0.3, -0.25) is 4.98 Å². The van der Waals surface area contributed by atoms with Gasteiger partial charge in [0.1, 0.15) is 0 Å². The van der Waals surface area contributed by atoms with Gasteiger partial charge in [0, 0.05) is 24.4 Å². The Balaban J connectivity index is 0.000000461. The first-order valence-corrected chi connectivity index (χ1v) is 5.36. The van der Waals surface area contributed by atoms with Crippen LogP contribution in [0.15, 0.2) is 18.3 Å². The van der Waals surface area contributed by atoms with Crippen LogP contribution in [0.2, 0.25) is 0 Å². The molecule has 0 spiro atoms. The highest BCUT2D eigenvalue weighted by atomic mass is 16.5. The summed E-state index contributed by atoms with van der Waals surface area (Å²) in [6, 6.07) is 4.18. The number of aryl methyl sites for hydroxylation is 1. The third kappa shape index (κ3) is 2.81. The van der Waals surface area contributed by atoms with Crippen molar-refractivity contribution < 1.29 is 4.74 Å². The fraction of sp³-hybridized carbons (Fsp3) is 0.583. The summed E-state index contributed by atoms with van der Waals surface area (Å²) in [5, 5.41) is 0. The number of pyridine rings is 1. The molecular formula is C12H19NO. The topological polar surface area (TPSA) is 22.1 Å². The van der Waals surface area contributed by atoms with Crippen molar-refractivity contribution in [2.24, 2.45) is 0 Å². The minimum Gasteiger partial charge on any atom is -0.381 e. The zero-order chi connectivity index (χ0) is 10.4. The molecule has 2 nitrogen and oxygen atoms in total. The van der Waals surface area contributed by atoms with Crippen molar-refractivity contribution in [2.45, 2.75) is 33.1 Å². The summed E-state index contributed by atoms with van der Waals surface area (Å²) in [5.41, 5.74) is 2.47. The lowest BCUT2D eigenvalue weighted by atomic mass is 10.0. The van der Waals surface area contributed by atoms with Gasteiger partial charge in [-0.05, 0) is 31.0 Å². The first-order valence-electron chi connectivity index (χ1n) is 5.36. The molecular weight excluding hydrogens is 174 g/mol. The van der Waals surface area contributed by atoms with E-state index >= 15 is 0 Å². The zero-order valence-electron chi connectivity index (χ0n) is 9.29. The molecule has 0 aliphatic carbocycles. The van der Waals surface area contributed by atoms with E-state index in [9.17, 15) is 0 Å². The molecule has 2 rings (SSSR count). The standard InChI is InChI=1S/C10H13NO.C2H6/c1-8-2-4-11-10(6-8)9-3-5-12-7-9;1-2/h2,4,6,9H,3,5,7H2,1H3;1-2H3. The third-order valence-corrected chi connectivity index (χ3v) is 2.28. The minimum atomic E-state index is 0.532. The molecule has 2 heterocycles. The van der Waals surface area contributed by atoms with Crippen LogP contribution >= 0.6 is 0 Å². The molecule has 14 heavy (non-hydrogen) atoms. The largest absolute Gasteiger partial charge is 0.381 e. The van der Waals surface area contributed by atoms with E-state index in [1.165, 1.54) is 11.3 Å². The van der Waals surface area contributed by atoms with Gasteiger partial charge >= 0.3 is 0 Å². The van der Waals surface area contributed by atoms with Crippen molar-refractivity contribution in [3.63, 3.8) is 0 Å². The number of ether oxygens (including phenoxy) is 1. The van der Waals surface area contributed by atoms with Crippen molar-refractivity contribution in [1.82, 2.24) is 4.98 Å². The van der Waals surface area contributed by atoms with Crippen LogP contribution in [0.4, 0.5) is 0 Å². The zero-order valence-corrected chi connectivity index (χ0v) is 9.29. The lowest BCUT2D eigenvalue weighted by molar-refractivity contribution is 0.193. The first kappa shape index (κ1) is 11.2. The maximum atomic E-state index is 5.31. The van der Waals surface area contributed by atoms with E-state index in [-0.39, 0.29) is 0 Å². The second-order valence-electron chi connectivity index (χ2n) is 3.32. The molecule has 0 aromatic carbocycles. The van der Waals surface area contributed by atoms with Crippen molar-refractivity contribution in [3.8, 4) is 0 Å². The van der Waals surface area contributed by atoms with E-state index in [4.69, 9.17) is 4.74 Å². The molecule has 0 radical (unpaired) electrons. The average Bonchev–Trinajstić information content (AvgIpc) is 2.74. The van der Waals surface area contributed by atoms with Crippen molar-refractivity contribution in [1.29, 1.82) is 0 Å². The van der Waals surface area contributed by atoms with E-state index in [0.717, 1.165) is 19.6 Å². The molecule has 0 saturated carbocycles. The highest BCUT2D eigenvalue weighted by Crippen LogP contribution is 2.23. The smallest absolute Gasteiger partial charge is 0.0550 e. The summed E-state index contributed by atoms with van der Waals surface area (Å²) in [7, 11) is 0. The normalized spacial score (nSPS) is 20.1. The molecule has 1 aliphatic heterocycles. The Bertz CT molecular complexity index is 267. The predicted molar refractivity (Wildman–Crippen MR) is 58.5 cm³/mol. The Kier molecular flexibility index (Phi) is 4.60. The number of aromatic nitrogens is 1. The van der Waals surface area contributed by atoms with E-state index in [1.807, 2.05) is 26.1 Å². The molecule has 2 heteroatoms. The minimum absolute atomic E-state index is 0.532. The molecule has 1 unspecified atom stereocenters. The van der Waals surface area contributed by atoms with E-state index < -0.39 is 0 Å². The molecule has 1 aliphatic rings. The third-order valence-electron chi connectivity index (χ3n) is 2.28. The number of hydrogen-bond donors (Lipinski definition) is 0. The summed E-state index contributed by atoms with van der Waals surface area (Å²) >= 11 is 0. The molecule has 1 atom stereocenters. The van der Waals surface area contributed by atoms with Gasteiger partial charge in [0.2, 0.25) is 0 Å². The molecule has 1 fully saturated rings. The SMILES string of the molecule is CC.Cc1ccnc(C2CCOC2)c1. The van der Waals surface area contributed by atoms with Crippen LogP contribution in [0.25, 0.3) is 0 Å². The van der Waals surface area contributed by atoms with Gasteiger partial charge < -0.3 is 4.74 Å². The quantitative estimate of drug-likeness (QED) is 0.684. The van der Waals surface area contributed by atoms with Gasteiger partial charge in [0.25, 0.3) is 0 Å². The van der Waals surface area contributed by atoms with Crippen LogP contribution < -0.4 is 0 Å². The highest BCUT2D eigenvalue weighted by molar-refractivity contribution is 5.18. The van der Waals surface area contributed by atoms with Crippen LogP contribution in [0.1, 0.15) is 37.4 Å². The van der Waals surface area contributed by atoms with Crippen molar-refractivity contribution in [3.05, 3.63) is 29.6 Å². The fourth-order valence-electron chi connectivity index (χ4n) is 1.55. The fourth-order valence-corrected chi connectivity index (χ4v) is 1.55. The Morgan fingerprint density at radius 3 is 2.79 bits per heavy atom. The van der Waals surface area contributed by atoms with E-state index in [0.29, 0.717) is 5.92 Å². The monoisotopic (exact) mass is 193 g/mol. The van der Waals surface area contributed by atoms with Crippen LogP contribution in [-0.2, 0) is 4.74 Å². The molecule has 1 saturated heterocycles. The van der Waals surface area contributed by atoms with E-state index in [2.05, 4.69) is 18.0 Å². The van der Waals surface area contributed by atoms with Crippen molar-refractivity contribution in [2.75, 3.05) is 13.2 Å². The second kappa shape index (κ2) is 5.76. The van der Waals surface area contributed by atoms with Crippen LogP contribution in [-0.4, -0.2) is 18.2 Å². The van der Waals surface area contributed by atoms with Crippen LogP contribution in [0.5, 0.6) is 0 Å². The predicted octanol–water partition coefficient (Wildman–Crippen LogP) is 2.92. The Labute approximate surface area is 86.3 Å². The molecule has 1 aromatic rings. The molecule has 0 amide bonds. The number of rotatable bonds is 1. The van der Waals surface area contributed by atoms with Gasteiger partial charge in [-0.1, -0.05) is 13.8 Å². The molecule has 78 valence electrons. The average molecular weight is 193 g/mol. The summed E-state index contributed by atoms with van der Waals surface area (Å²) in [6.45, 7) is 7.83. The van der Waals surface area contributed by atoms with Gasteiger partial charge in [-0.2, -0.15) is 0 Å². The number of nitrogens with zero attached hydrogens (tertiary/aromatic N) is 1. The highest BCUT2D eigenvalue weighted by Gasteiger charge is 2.18. The van der Waals surface area contributed by atoms with E-state index in [1.54, 1.807) is 0 Å². The summed E-state index contributed by atoms with van der Waals surface area (Å²) in [5.74, 6) is 0.532. The maximum Gasteiger partial charge on any atom is 0.0550 e. The maximum absolute atomic E-state index is 5.31. The summed E-state index contributed by atoms with van der Waals surface area (Å²) in [6.07, 6.45) is 3.00. The second-order valence-corrected chi connectivity index (χ2v) is 3.32. The van der Waals surface area contributed by atoms with Gasteiger partial charge in [0.05, 0.1) is 6.61 Å². The molecule has 0 N–H and O–H groups in total. The summed E-state index contributed by atoms with van der Waals surface area (Å²) < 4.78 is 5.31. The molecule has 1 aromatic heterocycles.